The molecule has 0 amide bonds. The topological polar surface area (TPSA) is 71.3 Å². The van der Waals surface area contributed by atoms with Gasteiger partial charge in [-0.1, -0.05) is 6.42 Å². The fourth-order valence-electron chi connectivity index (χ4n) is 3.91. The first-order valence-electron chi connectivity index (χ1n) is 10.8. The summed E-state index contributed by atoms with van der Waals surface area (Å²) in [4.78, 5) is 6.88. The lowest BCUT2D eigenvalue weighted by molar-refractivity contribution is -0.0320. The number of guanidine groups is 1. The van der Waals surface area contributed by atoms with Gasteiger partial charge in [0.15, 0.2) is 5.96 Å². The summed E-state index contributed by atoms with van der Waals surface area (Å²) < 4.78 is 17.0. The lowest BCUT2D eigenvalue weighted by Gasteiger charge is -2.33. The molecular weight excluding hydrogens is 356 g/mol. The van der Waals surface area contributed by atoms with E-state index in [2.05, 4.69) is 26.6 Å². The minimum absolute atomic E-state index is 0.241. The Morgan fingerprint density at radius 2 is 2.07 bits per heavy atom. The Morgan fingerprint density at radius 3 is 2.79 bits per heavy atom. The van der Waals surface area contributed by atoms with Crippen LogP contribution in [-0.2, 0) is 9.47 Å². The molecule has 0 aromatic carbocycles. The second-order valence-corrected chi connectivity index (χ2v) is 7.54. The second kappa shape index (κ2) is 12.1. The zero-order valence-corrected chi connectivity index (χ0v) is 17.2. The summed E-state index contributed by atoms with van der Waals surface area (Å²) in [5.41, 5.74) is 0. The summed E-state index contributed by atoms with van der Waals surface area (Å²) in [6.07, 6.45) is 8.97. The SMILES string of the molecule is CN=C(NCCCOC1CCOCC1)NCC(c1ccco1)N1CCCCC1. The van der Waals surface area contributed by atoms with Crippen molar-refractivity contribution < 1.29 is 13.9 Å². The van der Waals surface area contributed by atoms with Crippen molar-refractivity contribution in [2.45, 2.75) is 50.7 Å². The van der Waals surface area contributed by atoms with E-state index in [0.717, 1.165) is 77.0 Å². The lowest BCUT2D eigenvalue weighted by Crippen LogP contribution is -2.44. The minimum atomic E-state index is 0.241. The van der Waals surface area contributed by atoms with Gasteiger partial charge in [-0.2, -0.15) is 0 Å². The molecule has 0 spiro atoms. The predicted octanol–water partition coefficient (Wildman–Crippen LogP) is 2.56. The van der Waals surface area contributed by atoms with Gasteiger partial charge < -0.3 is 24.5 Å². The number of hydrogen-bond acceptors (Lipinski definition) is 5. The molecule has 2 aliphatic heterocycles. The molecule has 1 aromatic heterocycles. The van der Waals surface area contributed by atoms with Crippen LogP contribution in [0.3, 0.4) is 0 Å². The van der Waals surface area contributed by atoms with Gasteiger partial charge in [0.25, 0.3) is 0 Å². The highest BCUT2D eigenvalue weighted by Gasteiger charge is 2.24. The number of aliphatic imine (C=N–C) groups is 1. The van der Waals surface area contributed by atoms with E-state index in [0.29, 0.717) is 6.10 Å². The molecule has 0 bridgehead atoms. The van der Waals surface area contributed by atoms with E-state index in [9.17, 15) is 0 Å². The van der Waals surface area contributed by atoms with Crippen LogP contribution in [0.15, 0.2) is 27.8 Å². The lowest BCUT2D eigenvalue weighted by atomic mass is 10.1. The monoisotopic (exact) mass is 392 g/mol. The van der Waals surface area contributed by atoms with Crippen LogP contribution in [0, 0.1) is 0 Å². The van der Waals surface area contributed by atoms with Crippen LogP contribution >= 0.6 is 0 Å². The van der Waals surface area contributed by atoms with E-state index in [-0.39, 0.29) is 6.04 Å². The molecule has 2 N–H and O–H groups in total. The number of ether oxygens (including phenoxy) is 2. The molecule has 2 saturated heterocycles. The highest BCUT2D eigenvalue weighted by Crippen LogP contribution is 2.24. The summed E-state index contributed by atoms with van der Waals surface area (Å²) in [7, 11) is 1.82. The maximum Gasteiger partial charge on any atom is 0.191 e. The number of hydrogen-bond donors (Lipinski definition) is 2. The summed E-state index contributed by atoms with van der Waals surface area (Å²) in [5, 5.41) is 6.87. The second-order valence-electron chi connectivity index (χ2n) is 7.54. The number of likely N-dealkylation sites (tertiary alicyclic amines) is 1. The van der Waals surface area contributed by atoms with Crippen LogP contribution in [0.1, 0.15) is 50.3 Å². The Hall–Kier alpha value is -1.57. The third-order valence-corrected chi connectivity index (χ3v) is 5.52. The molecule has 1 atom stereocenters. The van der Waals surface area contributed by atoms with Crippen molar-refractivity contribution in [2.24, 2.45) is 4.99 Å². The van der Waals surface area contributed by atoms with Gasteiger partial charge in [0.1, 0.15) is 5.76 Å². The maximum atomic E-state index is 5.93. The summed E-state index contributed by atoms with van der Waals surface area (Å²) in [5.74, 6) is 1.86. The predicted molar refractivity (Wildman–Crippen MR) is 111 cm³/mol. The molecule has 1 unspecified atom stereocenters. The smallest absolute Gasteiger partial charge is 0.191 e. The van der Waals surface area contributed by atoms with Crippen molar-refractivity contribution in [3.8, 4) is 0 Å². The standard InChI is InChI=1S/C21H36N4O3/c1-22-21(23-10-6-14-27-18-8-15-26-16-9-18)24-17-19(20-7-5-13-28-20)25-11-3-2-4-12-25/h5,7,13,18-19H,2-4,6,8-12,14-17H2,1H3,(H2,22,23,24). The molecule has 158 valence electrons. The minimum Gasteiger partial charge on any atom is -0.468 e. The van der Waals surface area contributed by atoms with Crippen molar-refractivity contribution >= 4 is 5.96 Å². The molecule has 2 aliphatic rings. The van der Waals surface area contributed by atoms with Gasteiger partial charge in [-0.15, -0.1) is 0 Å². The first-order valence-corrected chi connectivity index (χ1v) is 10.8. The molecular formula is C21H36N4O3. The maximum absolute atomic E-state index is 5.93. The number of nitrogens with one attached hydrogen (secondary N) is 2. The number of piperidine rings is 1. The Bertz CT molecular complexity index is 552. The Morgan fingerprint density at radius 1 is 1.25 bits per heavy atom. The normalized spacial score (nSPS) is 20.8. The highest BCUT2D eigenvalue weighted by molar-refractivity contribution is 5.79. The van der Waals surface area contributed by atoms with Crippen LogP contribution in [0.5, 0.6) is 0 Å². The van der Waals surface area contributed by atoms with E-state index in [1.807, 2.05) is 13.1 Å². The van der Waals surface area contributed by atoms with E-state index in [4.69, 9.17) is 13.9 Å². The number of furan rings is 1. The quantitative estimate of drug-likeness (QED) is 0.382. The molecule has 0 radical (unpaired) electrons. The molecule has 2 fully saturated rings. The highest BCUT2D eigenvalue weighted by atomic mass is 16.5. The van der Waals surface area contributed by atoms with Crippen LogP contribution in [0.25, 0.3) is 0 Å². The van der Waals surface area contributed by atoms with Crippen molar-refractivity contribution in [1.29, 1.82) is 0 Å². The van der Waals surface area contributed by atoms with Crippen molar-refractivity contribution in [3.05, 3.63) is 24.2 Å². The molecule has 7 nitrogen and oxygen atoms in total. The third-order valence-electron chi connectivity index (χ3n) is 5.52. The molecule has 28 heavy (non-hydrogen) atoms. The fraction of sp³-hybridized carbons (Fsp3) is 0.762. The molecule has 7 heteroatoms. The van der Waals surface area contributed by atoms with E-state index >= 15 is 0 Å². The summed E-state index contributed by atoms with van der Waals surface area (Å²) in [6, 6.07) is 4.29. The van der Waals surface area contributed by atoms with Crippen LogP contribution < -0.4 is 10.6 Å². The van der Waals surface area contributed by atoms with Gasteiger partial charge in [-0.05, 0) is 57.3 Å². The largest absolute Gasteiger partial charge is 0.468 e. The summed E-state index contributed by atoms with van der Waals surface area (Å²) in [6.45, 7) is 6.31. The van der Waals surface area contributed by atoms with Crippen molar-refractivity contribution in [2.75, 3.05) is 53.0 Å². The first-order chi connectivity index (χ1) is 13.9. The summed E-state index contributed by atoms with van der Waals surface area (Å²) >= 11 is 0. The van der Waals surface area contributed by atoms with Gasteiger partial charge in [0.2, 0.25) is 0 Å². The van der Waals surface area contributed by atoms with Crippen LogP contribution in [0.2, 0.25) is 0 Å². The molecule has 0 saturated carbocycles. The number of nitrogens with zero attached hydrogens (tertiary/aromatic N) is 2. The first kappa shape index (κ1) is 21.1. The fourth-order valence-corrected chi connectivity index (χ4v) is 3.91. The van der Waals surface area contributed by atoms with E-state index in [1.54, 1.807) is 6.26 Å². The Balaban J connectivity index is 1.37. The molecule has 3 rings (SSSR count). The van der Waals surface area contributed by atoms with E-state index in [1.165, 1.54) is 19.3 Å². The van der Waals surface area contributed by atoms with Crippen molar-refractivity contribution in [1.82, 2.24) is 15.5 Å². The van der Waals surface area contributed by atoms with Gasteiger partial charge in [0, 0.05) is 40.0 Å². The average Bonchev–Trinajstić information content (AvgIpc) is 3.28. The van der Waals surface area contributed by atoms with Gasteiger partial charge in [0.05, 0.1) is 18.4 Å². The Labute approximate surface area is 168 Å². The van der Waals surface area contributed by atoms with Crippen LogP contribution in [-0.4, -0.2) is 70.0 Å². The zero-order chi connectivity index (χ0) is 19.4. The van der Waals surface area contributed by atoms with Gasteiger partial charge in [-0.25, -0.2) is 0 Å². The molecule has 3 heterocycles. The number of rotatable bonds is 9. The third kappa shape index (κ3) is 6.79. The average molecular weight is 393 g/mol. The van der Waals surface area contributed by atoms with Gasteiger partial charge in [-0.3, -0.25) is 9.89 Å². The van der Waals surface area contributed by atoms with Crippen LogP contribution in [0.4, 0.5) is 0 Å². The van der Waals surface area contributed by atoms with Crippen molar-refractivity contribution in [3.63, 3.8) is 0 Å². The van der Waals surface area contributed by atoms with Gasteiger partial charge >= 0.3 is 0 Å². The van der Waals surface area contributed by atoms with E-state index < -0.39 is 0 Å². The Kier molecular flexibility index (Phi) is 9.13. The zero-order valence-electron chi connectivity index (χ0n) is 17.2. The molecule has 0 aliphatic carbocycles. The molecule has 1 aromatic rings.